The minimum atomic E-state index is -0.598. The van der Waals surface area contributed by atoms with Crippen LogP contribution in [0.3, 0.4) is 0 Å². The van der Waals surface area contributed by atoms with Crippen LogP contribution in [0.4, 0.5) is 10.1 Å². The Morgan fingerprint density at radius 2 is 1.94 bits per heavy atom. The number of methoxy groups -OCH3 is 1. The lowest BCUT2D eigenvalue weighted by molar-refractivity contribution is -0.133. The molecule has 1 aromatic heterocycles. The van der Waals surface area contributed by atoms with Crippen molar-refractivity contribution in [2.75, 3.05) is 19.0 Å². The van der Waals surface area contributed by atoms with Crippen molar-refractivity contribution in [2.24, 2.45) is 7.05 Å². The third kappa shape index (κ3) is 4.64. The van der Waals surface area contributed by atoms with E-state index >= 15 is 0 Å². The van der Waals surface area contributed by atoms with E-state index in [-0.39, 0.29) is 30.6 Å². The maximum atomic E-state index is 13.2. The van der Waals surface area contributed by atoms with Crippen LogP contribution in [-0.2, 0) is 29.6 Å². The number of carbonyl (C=O) groups excluding carboxylic acids is 2. The quantitative estimate of drug-likeness (QED) is 0.644. The highest BCUT2D eigenvalue weighted by molar-refractivity contribution is 5.97. The van der Waals surface area contributed by atoms with Gasteiger partial charge in [0.2, 0.25) is 11.8 Å². The van der Waals surface area contributed by atoms with Gasteiger partial charge in [-0.1, -0.05) is 24.3 Å². The summed E-state index contributed by atoms with van der Waals surface area (Å²) in [7, 11) is 3.35. The van der Waals surface area contributed by atoms with Crippen molar-refractivity contribution in [3.05, 3.63) is 77.4 Å². The maximum Gasteiger partial charge on any atom is 0.235 e. The largest absolute Gasteiger partial charge is 0.495 e. The fraction of sp³-hybridized carbons (Fsp3) is 0.292. The summed E-state index contributed by atoms with van der Waals surface area (Å²) in [5.74, 6) is -0.640. The molecule has 0 saturated carbocycles. The molecule has 1 N–H and O–H groups in total. The van der Waals surface area contributed by atoms with Gasteiger partial charge >= 0.3 is 0 Å². The van der Waals surface area contributed by atoms with Crippen LogP contribution in [0.2, 0.25) is 0 Å². The zero-order chi connectivity index (χ0) is 22.7. The van der Waals surface area contributed by atoms with Gasteiger partial charge in [0, 0.05) is 38.3 Å². The van der Waals surface area contributed by atoms with Crippen LogP contribution in [0.5, 0.6) is 5.75 Å². The first-order valence-electron chi connectivity index (χ1n) is 10.4. The number of nitrogens with zero attached hydrogens (tertiary/aromatic N) is 3. The summed E-state index contributed by atoms with van der Waals surface area (Å²) >= 11 is 0. The molecule has 1 atom stereocenters. The van der Waals surface area contributed by atoms with Crippen molar-refractivity contribution in [1.29, 1.82) is 0 Å². The number of hydrogen-bond acceptors (Lipinski definition) is 4. The van der Waals surface area contributed by atoms with Crippen molar-refractivity contribution in [3.8, 4) is 5.75 Å². The monoisotopic (exact) mass is 436 g/mol. The zero-order valence-electron chi connectivity index (χ0n) is 18.0. The second-order valence-corrected chi connectivity index (χ2v) is 7.86. The molecular formula is C24H25FN4O3. The SMILES string of the molecule is COc1ccccc1NC(=O)C1CN(C(=O)CCc2ccc(F)cc2)Cc2cn(C)nc21. The van der Waals surface area contributed by atoms with Gasteiger partial charge in [-0.25, -0.2) is 4.39 Å². The van der Waals surface area contributed by atoms with Gasteiger partial charge < -0.3 is 15.0 Å². The molecule has 1 unspecified atom stereocenters. The summed E-state index contributed by atoms with van der Waals surface area (Å²) in [5.41, 5.74) is 3.00. The van der Waals surface area contributed by atoms with E-state index < -0.39 is 5.92 Å². The van der Waals surface area contributed by atoms with Crippen LogP contribution in [0.1, 0.15) is 29.2 Å². The Hall–Kier alpha value is -3.68. The Morgan fingerprint density at radius 1 is 1.19 bits per heavy atom. The lowest BCUT2D eigenvalue weighted by atomic mass is 9.95. The molecule has 4 rings (SSSR count). The lowest BCUT2D eigenvalue weighted by Gasteiger charge is -2.31. The van der Waals surface area contributed by atoms with Crippen molar-refractivity contribution >= 4 is 17.5 Å². The average molecular weight is 436 g/mol. The molecule has 1 aliphatic heterocycles. The number of ether oxygens (including phenoxy) is 1. The number of benzene rings is 2. The smallest absolute Gasteiger partial charge is 0.235 e. The third-order valence-corrected chi connectivity index (χ3v) is 5.61. The first-order chi connectivity index (χ1) is 15.4. The number of anilines is 1. The van der Waals surface area contributed by atoms with Gasteiger partial charge in [0.1, 0.15) is 17.5 Å². The number of rotatable bonds is 6. The number of fused-ring (bicyclic) bond motifs is 1. The van der Waals surface area contributed by atoms with Gasteiger partial charge in [0.05, 0.1) is 18.5 Å². The second kappa shape index (κ2) is 9.21. The van der Waals surface area contributed by atoms with E-state index in [2.05, 4.69) is 10.4 Å². The highest BCUT2D eigenvalue weighted by atomic mass is 19.1. The van der Waals surface area contributed by atoms with Crippen LogP contribution in [0.25, 0.3) is 0 Å². The van der Waals surface area contributed by atoms with E-state index in [0.717, 1.165) is 11.1 Å². The molecule has 32 heavy (non-hydrogen) atoms. The Bertz CT molecular complexity index is 1130. The normalized spacial score (nSPS) is 15.2. The summed E-state index contributed by atoms with van der Waals surface area (Å²) in [4.78, 5) is 27.8. The molecule has 2 amide bonds. The number of carbonyl (C=O) groups is 2. The predicted molar refractivity (Wildman–Crippen MR) is 118 cm³/mol. The van der Waals surface area contributed by atoms with Crippen molar-refractivity contribution < 1.29 is 18.7 Å². The van der Waals surface area contributed by atoms with E-state index in [1.807, 2.05) is 18.3 Å². The van der Waals surface area contributed by atoms with Gasteiger partial charge in [-0.15, -0.1) is 0 Å². The summed E-state index contributed by atoms with van der Waals surface area (Å²) < 4.78 is 20.1. The fourth-order valence-corrected chi connectivity index (χ4v) is 3.97. The molecule has 0 saturated heterocycles. The Labute approximate surface area is 185 Å². The Morgan fingerprint density at radius 3 is 2.69 bits per heavy atom. The Balaban J connectivity index is 1.50. The standard InChI is InChI=1S/C24H25FN4O3/c1-28-13-17-14-29(22(30)12-9-16-7-10-18(25)11-8-16)15-19(23(17)27-28)24(31)26-20-5-3-4-6-21(20)32-2/h3-8,10-11,13,19H,9,12,14-15H2,1-2H3,(H,26,31). The van der Waals surface area contributed by atoms with Crippen molar-refractivity contribution in [2.45, 2.75) is 25.3 Å². The molecule has 0 fully saturated rings. The number of aromatic nitrogens is 2. The molecule has 2 aromatic carbocycles. The van der Waals surface area contributed by atoms with E-state index in [4.69, 9.17) is 4.74 Å². The van der Waals surface area contributed by atoms with Crippen molar-refractivity contribution in [1.82, 2.24) is 14.7 Å². The van der Waals surface area contributed by atoms with Gasteiger partial charge in [-0.3, -0.25) is 14.3 Å². The summed E-state index contributed by atoms with van der Waals surface area (Å²) in [6, 6.07) is 13.3. The molecule has 8 heteroatoms. The predicted octanol–water partition coefficient (Wildman–Crippen LogP) is 3.27. The molecule has 0 aliphatic carbocycles. The van der Waals surface area contributed by atoms with E-state index in [1.165, 1.54) is 12.1 Å². The number of nitrogens with one attached hydrogen (secondary N) is 1. The number of para-hydroxylation sites is 2. The summed E-state index contributed by atoms with van der Waals surface area (Å²) in [6.45, 7) is 0.650. The first-order valence-corrected chi connectivity index (χ1v) is 10.4. The highest BCUT2D eigenvalue weighted by Crippen LogP contribution is 2.30. The molecule has 7 nitrogen and oxygen atoms in total. The summed E-state index contributed by atoms with van der Waals surface area (Å²) in [6.07, 6.45) is 2.63. The van der Waals surface area contributed by atoms with Gasteiger partial charge in [0.25, 0.3) is 0 Å². The lowest BCUT2D eigenvalue weighted by Crippen LogP contribution is -2.42. The first kappa shape index (κ1) is 21.5. The van der Waals surface area contributed by atoms with Crippen LogP contribution < -0.4 is 10.1 Å². The third-order valence-electron chi connectivity index (χ3n) is 5.61. The topological polar surface area (TPSA) is 76.5 Å². The molecule has 3 aromatic rings. The van der Waals surface area contributed by atoms with Crippen LogP contribution in [-0.4, -0.2) is 40.1 Å². The highest BCUT2D eigenvalue weighted by Gasteiger charge is 2.35. The van der Waals surface area contributed by atoms with Crippen molar-refractivity contribution in [3.63, 3.8) is 0 Å². The number of aryl methyl sites for hydroxylation is 2. The van der Waals surface area contributed by atoms with Crippen LogP contribution >= 0.6 is 0 Å². The number of halogens is 1. The second-order valence-electron chi connectivity index (χ2n) is 7.86. The van der Waals surface area contributed by atoms with E-state index in [0.29, 0.717) is 30.1 Å². The molecule has 0 bridgehead atoms. The molecule has 1 aliphatic rings. The molecule has 0 radical (unpaired) electrons. The van der Waals surface area contributed by atoms with Gasteiger partial charge in [-0.05, 0) is 36.2 Å². The molecule has 166 valence electrons. The minimum Gasteiger partial charge on any atom is -0.495 e. The van der Waals surface area contributed by atoms with Crippen LogP contribution in [0, 0.1) is 5.82 Å². The summed E-state index contributed by atoms with van der Waals surface area (Å²) in [5, 5.41) is 7.40. The molecular weight excluding hydrogens is 411 g/mol. The zero-order valence-corrected chi connectivity index (χ0v) is 18.0. The fourth-order valence-electron chi connectivity index (χ4n) is 3.97. The van der Waals surface area contributed by atoms with E-state index in [9.17, 15) is 14.0 Å². The van der Waals surface area contributed by atoms with Crippen LogP contribution in [0.15, 0.2) is 54.7 Å². The minimum absolute atomic E-state index is 0.0566. The molecule has 0 spiro atoms. The number of hydrogen-bond donors (Lipinski definition) is 1. The Kier molecular flexibility index (Phi) is 6.20. The van der Waals surface area contributed by atoms with Gasteiger partial charge in [-0.2, -0.15) is 5.10 Å². The number of amides is 2. The van der Waals surface area contributed by atoms with E-state index in [1.54, 1.807) is 48.0 Å². The molecule has 2 heterocycles. The van der Waals surface area contributed by atoms with Gasteiger partial charge in [0.15, 0.2) is 0 Å². The average Bonchev–Trinajstić information content (AvgIpc) is 3.18. The maximum absolute atomic E-state index is 13.2.